The van der Waals surface area contributed by atoms with Crippen LogP contribution in [0.25, 0.3) is 5.70 Å². The number of nitrogens with zero attached hydrogens (tertiary/aromatic N) is 3. The molecule has 0 fully saturated rings. The first-order valence-corrected chi connectivity index (χ1v) is 13.1. The number of esters is 1. The summed E-state index contributed by atoms with van der Waals surface area (Å²) in [6.07, 6.45) is 1.05. The molecule has 0 radical (unpaired) electrons. The molecule has 11 heteroatoms. The molecule has 0 aliphatic rings. The van der Waals surface area contributed by atoms with Crippen molar-refractivity contribution in [1.29, 1.82) is 5.26 Å². The average Bonchev–Trinajstić information content (AvgIpc) is 2.89. The molecule has 0 atom stereocenters. The number of hydrogen-bond acceptors (Lipinski definition) is 8. The van der Waals surface area contributed by atoms with Gasteiger partial charge in [-0.1, -0.05) is 56.3 Å². The normalized spacial score (nSPS) is 11.8. The van der Waals surface area contributed by atoms with Crippen LogP contribution in [0.3, 0.4) is 0 Å². The van der Waals surface area contributed by atoms with Gasteiger partial charge in [0.1, 0.15) is 6.07 Å². The van der Waals surface area contributed by atoms with E-state index in [-0.39, 0.29) is 43.3 Å². The lowest BCUT2D eigenvalue weighted by Gasteiger charge is -2.34. The predicted molar refractivity (Wildman–Crippen MR) is 134 cm³/mol. The van der Waals surface area contributed by atoms with E-state index < -0.39 is 24.2 Å². The molecule has 0 amide bonds. The number of hydrogen-bond donors (Lipinski definition) is 0. The Morgan fingerprint density at radius 2 is 1.69 bits per heavy atom. The Morgan fingerprint density at radius 3 is 2.22 bits per heavy atom. The van der Waals surface area contributed by atoms with Crippen molar-refractivity contribution in [3.05, 3.63) is 81.4 Å². The maximum atomic E-state index is 14.3. The van der Waals surface area contributed by atoms with Crippen LogP contribution >= 0.6 is 7.75 Å². The highest BCUT2D eigenvalue weighted by Crippen LogP contribution is 2.57. The first kappa shape index (κ1) is 28.7. The summed E-state index contributed by atoms with van der Waals surface area (Å²) in [7, 11) is -4.17. The molecule has 0 spiro atoms. The molecule has 0 bridgehead atoms. The third-order valence-electron chi connectivity index (χ3n) is 4.80. The van der Waals surface area contributed by atoms with Gasteiger partial charge in [-0.3, -0.25) is 23.8 Å². The van der Waals surface area contributed by atoms with Crippen LogP contribution in [0, 0.1) is 21.4 Å². The van der Waals surface area contributed by atoms with Gasteiger partial charge < -0.3 is 4.74 Å². The number of nitriles is 1. The zero-order valence-corrected chi connectivity index (χ0v) is 21.5. The van der Waals surface area contributed by atoms with Crippen LogP contribution in [0.4, 0.5) is 5.69 Å². The summed E-state index contributed by atoms with van der Waals surface area (Å²) < 4.78 is 32.2. The quantitative estimate of drug-likeness (QED) is 0.0758. The van der Waals surface area contributed by atoms with Gasteiger partial charge in [0.2, 0.25) is 0 Å². The fraction of sp³-hybridized carbons (Fsp3) is 0.360. The van der Waals surface area contributed by atoms with Crippen LogP contribution in [0.1, 0.15) is 44.7 Å². The van der Waals surface area contributed by atoms with Crippen molar-refractivity contribution in [3.8, 4) is 6.07 Å². The minimum atomic E-state index is -4.17. The number of rotatable bonds is 14. The van der Waals surface area contributed by atoms with Crippen LogP contribution in [-0.4, -0.2) is 35.4 Å². The van der Waals surface area contributed by atoms with Crippen LogP contribution in [0.15, 0.2) is 60.2 Å². The lowest BCUT2D eigenvalue weighted by molar-refractivity contribution is -0.384. The van der Waals surface area contributed by atoms with Crippen molar-refractivity contribution >= 4 is 25.1 Å². The van der Waals surface area contributed by atoms with Crippen molar-refractivity contribution in [2.24, 2.45) is 0 Å². The van der Waals surface area contributed by atoms with Crippen molar-refractivity contribution in [1.82, 2.24) is 4.67 Å². The summed E-state index contributed by atoms with van der Waals surface area (Å²) in [5, 5.41) is 21.5. The zero-order valence-electron chi connectivity index (χ0n) is 20.6. The van der Waals surface area contributed by atoms with E-state index in [0.717, 1.165) is 0 Å². The summed E-state index contributed by atoms with van der Waals surface area (Å²) >= 11 is 0. The SMILES string of the molecule is CCCOP(=O)(OCCC)N(Cc1ccccc1)C(=C(C#N)C(=O)OCC)c1cccc([N+](=O)[O-])c1. The zero-order chi connectivity index (χ0) is 26.6. The first-order valence-electron chi connectivity index (χ1n) is 11.6. The molecule has 0 saturated carbocycles. The van der Waals surface area contributed by atoms with Crippen molar-refractivity contribution < 1.29 is 28.1 Å². The molecule has 0 unspecified atom stereocenters. The monoisotopic (exact) mass is 515 g/mol. The Morgan fingerprint density at radius 1 is 1.06 bits per heavy atom. The molecular formula is C25H30N3O7P. The Hall–Kier alpha value is -3.51. The van der Waals surface area contributed by atoms with E-state index in [1.54, 1.807) is 31.2 Å². The maximum absolute atomic E-state index is 14.3. The number of nitro benzene ring substituents is 1. The fourth-order valence-corrected chi connectivity index (χ4v) is 5.20. The number of carbonyl (C=O) groups is 1. The molecule has 0 N–H and O–H groups in total. The smallest absolute Gasteiger partial charge is 0.435 e. The van der Waals surface area contributed by atoms with Gasteiger partial charge in [0, 0.05) is 17.7 Å². The minimum Gasteiger partial charge on any atom is -0.462 e. The number of non-ortho nitro benzene ring substituents is 1. The molecule has 2 aromatic carbocycles. The first-order chi connectivity index (χ1) is 17.3. The molecule has 0 saturated heterocycles. The molecular weight excluding hydrogens is 485 g/mol. The standard InChI is InChI=1S/C25H30N3O7P/c1-4-15-34-36(32,35-16-5-2)27(19-20-11-8-7-9-12-20)24(23(18-26)25(29)33-6-3)21-13-10-14-22(17-21)28(30)31/h7-14,17H,4-6,15-16,19H2,1-3H3. The van der Waals surface area contributed by atoms with Gasteiger partial charge in [0.05, 0.1) is 37.0 Å². The van der Waals surface area contributed by atoms with Crippen LogP contribution < -0.4 is 0 Å². The summed E-state index contributed by atoms with van der Waals surface area (Å²) in [6, 6.07) is 16.2. The molecule has 10 nitrogen and oxygen atoms in total. The molecule has 36 heavy (non-hydrogen) atoms. The second kappa shape index (κ2) is 14.1. The number of ether oxygens (including phenoxy) is 1. The summed E-state index contributed by atoms with van der Waals surface area (Å²) in [5.41, 5.74) is -0.0931. The number of benzene rings is 2. The van der Waals surface area contributed by atoms with Crippen molar-refractivity contribution in [2.75, 3.05) is 19.8 Å². The highest BCUT2D eigenvalue weighted by atomic mass is 31.2. The summed E-state index contributed by atoms with van der Waals surface area (Å²) in [6.45, 7) is 5.33. The Labute approximate surface area is 210 Å². The Bertz CT molecular complexity index is 1150. The average molecular weight is 516 g/mol. The van der Waals surface area contributed by atoms with Crippen molar-refractivity contribution in [2.45, 2.75) is 40.2 Å². The van der Waals surface area contributed by atoms with E-state index in [0.29, 0.717) is 18.4 Å². The minimum absolute atomic E-state index is 0.0127. The lowest BCUT2D eigenvalue weighted by atomic mass is 10.1. The third kappa shape index (κ3) is 7.49. The van der Waals surface area contributed by atoms with Gasteiger partial charge in [0.15, 0.2) is 5.57 Å². The van der Waals surface area contributed by atoms with Gasteiger partial charge in [-0.05, 0) is 25.3 Å². The number of carbonyl (C=O) groups excluding carboxylic acids is 1. The van der Waals surface area contributed by atoms with E-state index in [4.69, 9.17) is 13.8 Å². The topological polar surface area (TPSA) is 132 Å². The van der Waals surface area contributed by atoms with E-state index in [1.807, 2.05) is 26.0 Å². The maximum Gasteiger partial charge on any atom is 0.435 e. The largest absolute Gasteiger partial charge is 0.462 e. The summed E-state index contributed by atoms with van der Waals surface area (Å²) in [5.74, 6) is -0.961. The second-order valence-corrected chi connectivity index (χ2v) is 9.48. The fourth-order valence-electron chi connectivity index (χ4n) is 3.22. The molecule has 0 aromatic heterocycles. The van der Waals surface area contributed by atoms with Gasteiger partial charge in [-0.15, -0.1) is 0 Å². The second-order valence-electron chi connectivity index (χ2n) is 7.54. The highest BCUT2D eigenvalue weighted by Gasteiger charge is 2.39. The lowest BCUT2D eigenvalue weighted by Crippen LogP contribution is -2.25. The molecule has 0 heterocycles. The van der Waals surface area contributed by atoms with Crippen LogP contribution in [-0.2, 0) is 29.7 Å². The molecule has 192 valence electrons. The van der Waals surface area contributed by atoms with Gasteiger partial charge in [0.25, 0.3) is 5.69 Å². The van der Waals surface area contributed by atoms with Gasteiger partial charge in [-0.2, -0.15) is 5.26 Å². The molecule has 2 rings (SSSR count). The summed E-state index contributed by atoms with van der Waals surface area (Å²) in [4.78, 5) is 23.8. The van der Waals surface area contributed by atoms with Gasteiger partial charge >= 0.3 is 13.7 Å². The number of nitro groups is 1. The highest BCUT2D eigenvalue weighted by molar-refractivity contribution is 7.51. The predicted octanol–water partition coefficient (Wildman–Crippen LogP) is 5.86. The van der Waals surface area contributed by atoms with Crippen LogP contribution in [0.5, 0.6) is 0 Å². The molecule has 2 aromatic rings. The van der Waals surface area contributed by atoms with E-state index in [2.05, 4.69) is 0 Å². The van der Waals surface area contributed by atoms with E-state index in [1.165, 1.54) is 28.9 Å². The third-order valence-corrected chi connectivity index (χ3v) is 6.76. The molecule has 0 aliphatic carbocycles. The van der Waals surface area contributed by atoms with Crippen molar-refractivity contribution in [3.63, 3.8) is 0 Å². The molecule has 0 aliphatic heterocycles. The van der Waals surface area contributed by atoms with Gasteiger partial charge in [-0.25, -0.2) is 9.36 Å². The van der Waals surface area contributed by atoms with Crippen LogP contribution in [0.2, 0.25) is 0 Å². The van der Waals surface area contributed by atoms with E-state index >= 15 is 0 Å². The Balaban J connectivity index is 2.90. The van der Waals surface area contributed by atoms with E-state index in [9.17, 15) is 24.7 Å². The Kier molecular flexibility index (Phi) is 11.3.